The number of hydrogen-bond acceptors (Lipinski definition) is 4. The molecule has 1 amide bonds. The van der Waals surface area contributed by atoms with Gasteiger partial charge in [-0.3, -0.25) is 19.1 Å². The van der Waals surface area contributed by atoms with Gasteiger partial charge in [-0.05, 0) is 30.5 Å². The van der Waals surface area contributed by atoms with E-state index < -0.39 is 17.4 Å². The van der Waals surface area contributed by atoms with Gasteiger partial charge in [0.05, 0.1) is 17.0 Å². The summed E-state index contributed by atoms with van der Waals surface area (Å²) in [6.45, 7) is 0.555. The molecule has 3 aromatic rings. The summed E-state index contributed by atoms with van der Waals surface area (Å²) < 4.78 is 1.40. The molecule has 1 fully saturated rings. The molecular weight excluding hydrogens is 370 g/mol. The second-order valence-electron chi connectivity index (χ2n) is 7.63. The van der Waals surface area contributed by atoms with E-state index in [0.29, 0.717) is 17.4 Å². The van der Waals surface area contributed by atoms with Crippen LogP contribution in [0.15, 0.2) is 64.2 Å². The molecule has 7 heteroatoms. The van der Waals surface area contributed by atoms with Crippen molar-refractivity contribution in [3.63, 3.8) is 0 Å². The molecule has 0 bridgehead atoms. The zero-order valence-electron chi connectivity index (χ0n) is 15.9. The number of benzene rings is 2. The van der Waals surface area contributed by atoms with Crippen LogP contribution >= 0.6 is 0 Å². The number of aliphatic hydroxyl groups is 1. The largest absolute Gasteiger partial charge is 0.388 e. The number of hydrogen-bond donors (Lipinski definition) is 3. The lowest BCUT2D eigenvalue weighted by molar-refractivity contribution is -0.121. The molecule has 1 heterocycles. The maximum Gasteiger partial charge on any atom is 0.328 e. The van der Waals surface area contributed by atoms with Crippen LogP contribution in [-0.4, -0.2) is 27.1 Å². The van der Waals surface area contributed by atoms with Gasteiger partial charge in [-0.1, -0.05) is 42.5 Å². The molecule has 1 aliphatic rings. The third kappa shape index (κ3) is 3.86. The van der Waals surface area contributed by atoms with E-state index in [0.717, 1.165) is 18.4 Å². The minimum atomic E-state index is -0.616. The lowest BCUT2D eigenvalue weighted by atomic mass is 9.92. The van der Waals surface area contributed by atoms with Gasteiger partial charge in [-0.2, -0.15) is 0 Å². The molecule has 0 radical (unpaired) electrons. The number of carbonyl (C=O) groups excluding carboxylic acids is 1. The quantitative estimate of drug-likeness (QED) is 0.568. The van der Waals surface area contributed by atoms with Crippen molar-refractivity contribution in [2.45, 2.75) is 31.9 Å². The summed E-state index contributed by atoms with van der Waals surface area (Å²) in [6, 6.07) is 16.3. The molecule has 4 rings (SSSR count). The Morgan fingerprint density at radius 2 is 1.79 bits per heavy atom. The van der Waals surface area contributed by atoms with Crippen molar-refractivity contribution in [1.82, 2.24) is 14.9 Å². The SMILES string of the molecule is O=C(CCn1c(=O)[nH]c(=O)c2ccccc21)NCC1(C(O)c2ccccc2)CC1. The first-order valence-corrected chi connectivity index (χ1v) is 9.72. The van der Waals surface area contributed by atoms with Crippen molar-refractivity contribution < 1.29 is 9.90 Å². The first-order valence-electron chi connectivity index (χ1n) is 9.72. The fourth-order valence-corrected chi connectivity index (χ4v) is 3.74. The van der Waals surface area contributed by atoms with Crippen LogP contribution in [0, 0.1) is 5.41 Å². The Hall–Kier alpha value is -3.19. The first kappa shape index (κ1) is 19.1. The van der Waals surface area contributed by atoms with Gasteiger partial charge >= 0.3 is 5.69 Å². The minimum absolute atomic E-state index is 0.105. The number of aromatic nitrogens is 2. The lowest BCUT2D eigenvalue weighted by Gasteiger charge is -2.23. The molecule has 1 aliphatic carbocycles. The first-order chi connectivity index (χ1) is 14.0. The second kappa shape index (κ2) is 7.67. The highest BCUT2D eigenvalue weighted by Crippen LogP contribution is 2.54. The van der Waals surface area contributed by atoms with Gasteiger partial charge in [-0.25, -0.2) is 4.79 Å². The lowest BCUT2D eigenvalue weighted by Crippen LogP contribution is -2.35. The Bertz CT molecular complexity index is 1150. The highest BCUT2D eigenvalue weighted by atomic mass is 16.3. The standard InChI is InChI=1S/C22H23N3O4/c26-18(23-14-22(11-12-22)19(27)15-6-2-1-3-7-15)10-13-25-17-9-5-4-8-16(17)20(28)24-21(25)29/h1-9,19,27H,10-14H2,(H,23,26)(H,24,28,29). The van der Waals surface area contributed by atoms with Gasteiger partial charge in [0.2, 0.25) is 5.91 Å². The Morgan fingerprint density at radius 1 is 1.10 bits per heavy atom. The van der Waals surface area contributed by atoms with Crippen molar-refractivity contribution in [2.24, 2.45) is 5.41 Å². The Morgan fingerprint density at radius 3 is 2.52 bits per heavy atom. The second-order valence-corrected chi connectivity index (χ2v) is 7.63. The normalized spacial score (nSPS) is 15.8. The van der Waals surface area contributed by atoms with Crippen molar-refractivity contribution in [1.29, 1.82) is 0 Å². The number of amides is 1. The fourth-order valence-electron chi connectivity index (χ4n) is 3.74. The molecule has 150 valence electrons. The number of nitrogens with one attached hydrogen (secondary N) is 2. The van der Waals surface area contributed by atoms with E-state index >= 15 is 0 Å². The monoisotopic (exact) mass is 393 g/mol. The highest BCUT2D eigenvalue weighted by Gasteiger charge is 2.49. The number of para-hydroxylation sites is 1. The number of aryl methyl sites for hydroxylation is 1. The van der Waals surface area contributed by atoms with Crippen LogP contribution in [0.1, 0.15) is 30.9 Å². The average molecular weight is 393 g/mol. The predicted octanol–water partition coefficient (Wildman–Crippen LogP) is 1.71. The van der Waals surface area contributed by atoms with Crippen LogP contribution in [0.25, 0.3) is 10.9 Å². The maximum atomic E-state index is 12.4. The van der Waals surface area contributed by atoms with Crippen LogP contribution < -0.4 is 16.6 Å². The Labute approximate surface area is 167 Å². The van der Waals surface area contributed by atoms with Crippen molar-refractivity contribution in [3.8, 4) is 0 Å². The Balaban J connectivity index is 1.40. The van der Waals surface area contributed by atoms with Gasteiger partial charge in [0.25, 0.3) is 5.56 Å². The molecule has 1 aromatic heterocycles. The van der Waals surface area contributed by atoms with Crippen LogP contribution in [-0.2, 0) is 11.3 Å². The Kier molecular flexibility index (Phi) is 5.07. The van der Waals surface area contributed by atoms with E-state index in [9.17, 15) is 19.5 Å². The van der Waals surface area contributed by atoms with Crippen molar-refractivity contribution in [3.05, 3.63) is 81.0 Å². The van der Waals surface area contributed by atoms with Gasteiger partial charge in [0.1, 0.15) is 0 Å². The summed E-state index contributed by atoms with van der Waals surface area (Å²) in [5, 5.41) is 14.0. The summed E-state index contributed by atoms with van der Waals surface area (Å²) >= 11 is 0. The van der Waals surface area contributed by atoms with E-state index in [2.05, 4.69) is 10.3 Å². The third-order valence-corrected chi connectivity index (χ3v) is 5.69. The van der Waals surface area contributed by atoms with Crippen LogP contribution in [0.2, 0.25) is 0 Å². The van der Waals surface area contributed by atoms with Crippen LogP contribution in [0.3, 0.4) is 0 Å². The highest BCUT2D eigenvalue weighted by molar-refractivity contribution is 5.78. The molecule has 1 unspecified atom stereocenters. The van der Waals surface area contributed by atoms with E-state index in [1.165, 1.54) is 4.57 Å². The van der Waals surface area contributed by atoms with Crippen molar-refractivity contribution >= 4 is 16.8 Å². The predicted molar refractivity (Wildman–Crippen MR) is 110 cm³/mol. The molecule has 3 N–H and O–H groups in total. The average Bonchev–Trinajstić information content (AvgIpc) is 3.53. The number of fused-ring (bicyclic) bond motifs is 1. The molecule has 0 spiro atoms. The van der Waals surface area contributed by atoms with Gasteiger partial charge in [-0.15, -0.1) is 0 Å². The van der Waals surface area contributed by atoms with Gasteiger partial charge < -0.3 is 10.4 Å². The number of nitrogens with zero attached hydrogens (tertiary/aromatic N) is 1. The summed E-state index contributed by atoms with van der Waals surface area (Å²) in [5.41, 5.74) is 0.0766. The zero-order chi connectivity index (χ0) is 20.4. The molecule has 7 nitrogen and oxygen atoms in total. The minimum Gasteiger partial charge on any atom is -0.388 e. The number of carbonyl (C=O) groups is 1. The summed E-state index contributed by atoms with van der Waals surface area (Å²) in [5.74, 6) is -0.196. The van der Waals surface area contributed by atoms with E-state index in [1.54, 1.807) is 24.3 Å². The number of aliphatic hydroxyl groups excluding tert-OH is 1. The molecule has 0 saturated heterocycles. The smallest absolute Gasteiger partial charge is 0.328 e. The van der Waals surface area contributed by atoms with Crippen LogP contribution in [0.5, 0.6) is 0 Å². The number of H-pyrrole nitrogens is 1. The molecule has 1 saturated carbocycles. The van der Waals surface area contributed by atoms with E-state index in [4.69, 9.17) is 0 Å². The summed E-state index contributed by atoms with van der Waals surface area (Å²) in [7, 11) is 0. The molecular formula is C22H23N3O4. The molecule has 29 heavy (non-hydrogen) atoms. The maximum absolute atomic E-state index is 12.4. The third-order valence-electron chi connectivity index (χ3n) is 5.69. The molecule has 2 aromatic carbocycles. The fraction of sp³-hybridized carbons (Fsp3) is 0.318. The summed E-state index contributed by atoms with van der Waals surface area (Å²) in [6.07, 6.45) is 1.20. The van der Waals surface area contributed by atoms with Crippen LogP contribution in [0.4, 0.5) is 0 Å². The molecule has 1 atom stereocenters. The number of rotatable bonds is 7. The topological polar surface area (TPSA) is 104 Å². The van der Waals surface area contributed by atoms with Gasteiger partial charge in [0.15, 0.2) is 0 Å². The van der Waals surface area contributed by atoms with Gasteiger partial charge in [0, 0.05) is 24.9 Å². The van der Waals surface area contributed by atoms with E-state index in [-0.39, 0.29) is 24.3 Å². The zero-order valence-corrected chi connectivity index (χ0v) is 15.9. The molecule has 0 aliphatic heterocycles. The van der Waals surface area contributed by atoms with E-state index in [1.807, 2.05) is 30.3 Å². The number of aromatic amines is 1. The van der Waals surface area contributed by atoms with Crippen molar-refractivity contribution in [2.75, 3.05) is 6.54 Å². The summed E-state index contributed by atoms with van der Waals surface area (Å²) in [4.78, 5) is 38.8.